The van der Waals surface area contributed by atoms with E-state index in [1.807, 2.05) is 0 Å². The Hall–Kier alpha value is -0.240. The lowest BCUT2D eigenvalue weighted by atomic mass is 9.98. The molecule has 0 saturated carbocycles. The van der Waals surface area contributed by atoms with Crippen molar-refractivity contribution in [1.29, 1.82) is 0 Å². The minimum absolute atomic E-state index is 0.107. The number of methoxy groups -OCH3 is 1. The predicted molar refractivity (Wildman–Crippen MR) is 47.9 cm³/mol. The van der Waals surface area contributed by atoms with Crippen LogP contribution < -0.4 is 0 Å². The minimum Gasteiger partial charge on any atom is -0.387 e. The molecule has 0 aromatic rings. The van der Waals surface area contributed by atoms with Crippen LogP contribution in [0.15, 0.2) is 0 Å². The molecule has 15 heavy (non-hydrogen) atoms. The van der Waals surface area contributed by atoms with Crippen molar-refractivity contribution in [2.45, 2.75) is 36.9 Å². The highest BCUT2D eigenvalue weighted by Gasteiger charge is 2.54. The molecule has 3 aliphatic heterocycles. The van der Waals surface area contributed by atoms with E-state index in [0.717, 1.165) is 13.1 Å². The highest BCUT2D eigenvalue weighted by Crippen LogP contribution is 2.35. The number of hydrogen-bond acceptors (Lipinski definition) is 6. The molecule has 0 aromatic heterocycles. The number of fused-ring (bicyclic) bond motifs is 2. The fourth-order valence-corrected chi connectivity index (χ4v) is 2.30. The van der Waals surface area contributed by atoms with Gasteiger partial charge in [0, 0.05) is 20.2 Å². The van der Waals surface area contributed by atoms with Crippen LogP contribution in [0.5, 0.6) is 0 Å². The fraction of sp³-hybridized carbons (Fsp3) is 1.00. The summed E-state index contributed by atoms with van der Waals surface area (Å²) >= 11 is 0. The van der Waals surface area contributed by atoms with Gasteiger partial charge in [-0.25, -0.2) is 0 Å². The third kappa shape index (κ3) is 1.49. The molecule has 0 bridgehead atoms. The van der Waals surface area contributed by atoms with E-state index < -0.39 is 24.6 Å². The summed E-state index contributed by atoms with van der Waals surface area (Å²) in [5.41, 5.74) is 0. The summed E-state index contributed by atoms with van der Waals surface area (Å²) in [5.74, 6) is 0. The van der Waals surface area contributed by atoms with Gasteiger partial charge in [0.1, 0.15) is 30.6 Å². The minimum atomic E-state index is -1.04. The maximum Gasteiger partial charge on any atom is 0.186 e. The molecule has 5 unspecified atom stereocenters. The van der Waals surface area contributed by atoms with E-state index in [1.54, 1.807) is 0 Å². The summed E-state index contributed by atoms with van der Waals surface area (Å²) in [6.45, 7) is 1.62. The molecule has 3 rings (SSSR count). The van der Waals surface area contributed by atoms with Crippen molar-refractivity contribution in [3.05, 3.63) is 0 Å². The van der Waals surface area contributed by atoms with Crippen LogP contribution in [-0.4, -0.2) is 72.2 Å². The summed E-state index contributed by atoms with van der Waals surface area (Å²) in [6.07, 6.45) is -3.28. The molecule has 3 aliphatic rings. The lowest BCUT2D eigenvalue weighted by Crippen LogP contribution is -2.62. The second-order valence-electron chi connectivity index (χ2n) is 4.27. The Balaban J connectivity index is 1.76. The van der Waals surface area contributed by atoms with Crippen molar-refractivity contribution in [2.24, 2.45) is 0 Å². The number of rotatable bonds is 1. The Morgan fingerprint density at radius 1 is 1.20 bits per heavy atom. The zero-order chi connectivity index (χ0) is 10.6. The second kappa shape index (κ2) is 3.38. The Bertz CT molecular complexity index is 263. The van der Waals surface area contributed by atoms with Gasteiger partial charge in [-0.05, 0) is 0 Å². The Kier molecular flexibility index (Phi) is 2.24. The number of aliphatic hydroxyl groups is 2. The number of nitrogens with zero attached hydrogens (tertiary/aromatic N) is 1. The zero-order valence-electron chi connectivity index (χ0n) is 8.44. The van der Waals surface area contributed by atoms with Gasteiger partial charge in [-0.15, -0.1) is 0 Å². The van der Waals surface area contributed by atoms with Crippen LogP contribution in [0.3, 0.4) is 0 Å². The molecule has 3 saturated heterocycles. The predicted octanol–water partition coefficient (Wildman–Crippen LogP) is -1.88. The van der Waals surface area contributed by atoms with Crippen LogP contribution in [0.25, 0.3) is 0 Å². The van der Waals surface area contributed by atoms with Crippen LogP contribution in [0.1, 0.15) is 0 Å². The molecule has 0 amide bonds. The topological polar surface area (TPSA) is 71.2 Å². The quantitative estimate of drug-likeness (QED) is 0.501. The molecule has 2 N–H and O–H groups in total. The first kappa shape index (κ1) is 9.95. The molecule has 6 nitrogen and oxygen atoms in total. The van der Waals surface area contributed by atoms with Crippen LogP contribution in [0, 0.1) is 0 Å². The first-order valence-electron chi connectivity index (χ1n) is 5.14. The molecule has 0 aromatic carbocycles. The van der Waals surface area contributed by atoms with E-state index in [4.69, 9.17) is 14.2 Å². The fourth-order valence-electron chi connectivity index (χ4n) is 2.30. The highest BCUT2D eigenvalue weighted by molar-refractivity contribution is 4.99. The van der Waals surface area contributed by atoms with Crippen molar-refractivity contribution in [3.63, 3.8) is 0 Å². The Morgan fingerprint density at radius 3 is 2.73 bits per heavy atom. The van der Waals surface area contributed by atoms with Crippen molar-refractivity contribution in [3.8, 4) is 0 Å². The third-order valence-corrected chi connectivity index (χ3v) is 3.27. The molecule has 0 aliphatic carbocycles. The summed E-state index contributed by atoms with van der Waals surface area (Å²) in [7, 11) is 1.45. The Morgan fingerprint density at radius 2 is 2.00 bits per heavy atom. The van der Waals surface area contributed by atoms with Gasteiger partial charge in [-0.2, -0.15) is 0 Å². The normalized spacial score (nSPS) is 58.2. The van der Waals surface area contributed by atoms with E-state index in [0.29, 0.717) is 0 Å². The summed E-state index contributed by atoms with van der Waals surface area (Å²) in [5, 5.41) is 19.5. The summed E-state index contributed by atoms with van der Waals surface area (Å²) < 4.78 is 16.1. The molecule has 3 fully saturated rings. The van der Waals surface area contributed by atoms with Crippen molar-refractivity contribution in [1.82, 2.24) is 4.90 Å². The monoisotopic (exact) mass is 217 g/mol. The molecular formula is C9H15NO5. The average molecular weight is 217 g/mol. The zero-order valence-corrected chi connectivity index (χ0v) is 8.44. The lowest BCUT2D eigenvalue weighted by Gasteiger charge is -2.43. The van der Waals surface area contributed by atoms with Crippen molar-refractivity contribution >= 4 is 0 Å². The number of hydrogen-bond donors (Lipinski definition) is 2. The van der Waals surface area contributed by atoms with Crippen molar-refractivity contribution in [2.75, 3.05) is 20.2 Å². The van der Waals surface area contributed by atoms with Gasteiger partial charge in [-0.1, -0.05) is 0 Å². The maximum absolute atomic E-state index is 9.86. The molecular weight excluding hydrogens is 202 g/mol. The first-order valence-corrected chi connectivity index (χ1v) is 5.14. The van der Waals surface area contributed by atoms with Gasteiger partial charge < -0.3 is 24.4 Å². The van der Waals surface area contributed by atoms with Gasteiger partial charge in [0.15, 0.2) is 6.29 Å². The molecule has 6 heteroatoms. The number of ether oxygens (including phenoxy) is 3. The van der Waals surface area contributed by atoms with E-state index >= 15 is 0 Å². The van der Waals surface area contributed by atoms with E-state index in [9.17, 15) is 10.2 Å². The molecule has 7 atom stereocenters. The van der Waals surface area contributed by atoms with E-state index in [1.165, 1.54) is 7.11 Å². The molecule has 3 heterocycles. The van der Waals surface area contributed by atoms with Gasteiger partial charge in [0.05, 0.1) is 0 Å². The van der Waals surface area contributed by atoms with Crippen LogP contribution in [0.4, 0.5) is 0 Å². The van der Waals surface area contributed by atoms with Gasteiger partial charge in [-0.3, -0.25) is 4.90 Å². The molecule has 86 valence electrons. The van der Waals surface area contributed by atoms with Crippen molar-refractivity contribution < 1.29 is 24.4 Å². The van der Waals surface area contributed by atoms with Crippen LogP contribution in [0.2, 0.25) is 0 Å². The number of aliphatic hydroxyl groups excluding tert-OH is 2. The van der Waals surface area contributed by atoms with E-state index in [2.05, 4.69) is 4.90 Å². The highest BCUT2D eigenvalue weighted by atomic mass is 16.7. The molecule has 0 spiro atoms. The average Bonchev–Trinajstić information content (AvgIpc) is 2.99. The summed E-state index contributed by atoms with van der Waals surface area (Å²) in [4.78, 5) is 2.11. The lowest BCUT2D eigenvalue weighted by molar-refractivity contribution is -0.309. The second-order valence-corrected chi connectivity index (χ2v) is 4.27. The first-order chi connectivity index (χ1) is 7.20. The third-order valence-electron chi connectivity index (χ3n) is 3.27. The van der Waals surface area contributed by atoms with Crippen LogP contribution >= 0.6 is 0 Å². The van der Waals surface area contributed by atoms with Gasteiger partial charge in [0.25, 0.3) is 0 Å². The molecule has 0 radical (unpaired) electrons. The van der Waals surface area contributed by atoms with Gasteiger partial charge in [0.2, 0.25) is 0 Å². The SMILES string of the molecule is CO[C@H]1OC2CN3CC3O[C@H]2C(O)C1O. The largest absolute Gasteiger partial charge is 0.387 e. The van der Waals surface area contributed by atoms with Crippen LogP contribution in [-0.2, 0) is 14.2 Å². The van der Waals surface area contributed by atoms with E-state index in [-0.39, 0.29) is 12.3 Å². The van der Waals surface area contributed by atoms with Gasteiger partial charge >= 0.3 is 0 Å². The standard InChI is InChI=1S/C9H15NO5/c1-13-9-7(12)6(11)8-4(14-9)2-10-3-5(10)15-8/h4-9,11-12H,2-3H2,1H3/t4?,5?,6?,7?,8-,9+,10?/m1/s1. The smallest absolute Gasteiger partial charge is 0.186 e. The maximum atomic E-state index is 9.86. The summed E-state index contributed by atoms with van der Waals surface area (Å²) in [6, 6.07) is 0. The Labute approximate surface area is 87.3 Å².